The zero-order valence-electron chi connectivity index (χ0n) is 8.25. The summed E-state index contributed by atoms with van der Waals surface area (Å²) in [7, 11) is 0. The molecular weight excluding hydrogens is 226 g/mol. The maximum atomic E-state index is 11.5. The van der Waals surface area contributed by atoms with Crippen molar-refractivity contribution in [2.24, 2.45) is 0 Å². The average molecular weight is 235 g/mol. The monoisotopic (exact) mass is 235 g/mol. The van der Waals surface area contributed by atoms with E-state index in [4.69, 9.17) is 0 Å². The van der Waals surface area contributed by atoms with Gasteiger partial charge in [0.25, 0.3) is 5.91 Å². The zero-order chi connectivity index (χ0) is 11.4. The van der Waals surface area contributed by atoms with Crippen molar-refractivity contribution in [3.63, 3.8) is 0 Å². The van der Waals surface area contributed by atoms with Crippen molar-refractivity contribution in [1.82, 2.24) is 14.9 Å². The van der Waals surface area contributed by atoms with Gasteiger partial charge in [0.1, 0.15) is 5.75 Å². The predicted molar refractivity (Wildman–Crippen MR) is 59.2 cm³/mol. The number of amides is 1. The Bertz CT molecular complexity index is 485. The molecule has 1 aromatic carbocycles. The van der Waals surface area contributed by atoms with Gasteiger partial charge in [-0.1, -0.05) is 22.7 Å². The molecular formula is C10H9N3O2S. The number of carbonyl (C=O) groups excluding carboxylic acids is 1. The van der Waals surface area contributed by atoms with Crippen molar-refractivity contribution in [3.05, 3.63) is 40.9 Å². The molecule has 2 aromatic rings. The molecule has 0 aliphatic carbocycles. The van der Waals surface area contributed by atoms with E-state index in [2.05, 4.69) is 14.9 Å². The van der Waals surface area contributed by atoms with Crippen LogP contribution in [0.2, 0.25) is 0 Å². The lowest BCUT2D eigenvalue weighted by Gasteiger charge is -2.04. The highest BCUT2D eigenvalue weighted by molar-refractivity contribution is 7.03. The minimum absolute atomic E-state index is 0.166. The number of phenols is 1. The molecule has 0 unspecified atom stereocenters. The zero-order valence-corrected chi connectivity index (χ0v) is 9.07. The number of aromatic hydroxyl groups is 1. The molecule has 0 spiro atoms. The van der Waals surface area contributed by atoms with Crippen LogP contribution in [0.5, 0.6) is 5.75 Å². The Labute approximate surface area is 95.9 Å². The Morgan fingerprint density at radius 1 is 1.44 bits per heavy atom. The van der Waals surface area contributed by atoms with E-state index in [1.165, 1.54) is 0 Å². The fourth-order valence-electron chi connectivity index (χ4n) is 1.19. The van der Waals surface area contributed by atoms with Gasteiger partial charge in [-0.2, -0.15) is 0 Å². The lowest BCUT2D eigenvalue weighted by Crippen LogP contribution is -2.23. The predicted octanol–water partition coefficient (Wildman–Crippen LogP) is 1.17. The summed E-state index contributed by atoms with van der Waals surface area (Å²) in [6.07, 6.45) is 0. The lowest BCUT2D eigenvalue weighted by atomic mass is 10.2. The second kappa shape index (κ2) is 4.71. The Morgan fingerprint density at radius 2 is 2.25 bits per heavy atom. The van der Waals surface area contributed by atoms with Crippen molar-refractivity contribution < 1.29 is 9.90 Å². The van der Waals surface area contributed by atoms with Gasteiger partial charge in [-0.05, 0) is 17.6 Å². The van der Waals surface area contributed by atoms with Crippen molar-refractivity contribution >= 4 is 17.4 Å². The van der Waals surface area contributed by atoms with E-state index in [1.807, 2.05) is 0 Å². The molecule has 2 rings (SSSR count). The number of rotatable bonds is 3. The quantitative estimate of drug-likeness (QED) is 0.837. The molecule has 2 N–H and O–H groups in total. The number of phenolic OH excluding ortho intramolecular Hbond substituents is 1. The molecule has 0 saturated heterocycles. The number of aromatic nitrogens is 2. The van der Waals surface area contributed by atoms with Gasteiger partial charge >= 0.3 is 0 Å². The normalized spacial score (nSPS) is 10.0. The Hall–Kier alpha value is -1.95. The van der Waals surface area contributed by atoms with Gasteiger partial charge < -0.3 is 10.4 Å². The summed E-state index contributed by atoms with van der Waals surface area (Å²) in [4.78, 5) is 11.5. The number of nitrogens with zero attached hydrogens (tertiary/aromatic N) is 2. The molecule has 0 aliphatic rings. The Balaban J connectivity index is 1.98. The van der Waals surface area contributed by atoms with Gasteiger partial charge in [-0.3, -0.25) is 4.79 Å². The van der Waals surface area contributed by atoms with E-state index in [9.17, 15) is 9.90 Å². The van der Waals surface area contributed by atoms with E-state index in [-0.39, 0.29) is 18.2 Å². The van der Waals surface area contributed by atoms with Gasteiger partial charge in [-0.25, -0.2) is 0 Å². The van der Waals surface area contributed by atoms with Crippen LogP contribution in [0.4, 0.5) is 0 Å². The first-order valence-corrected chi connectivity index (χ1v) is 5.43. The summed E-state index contributed by atoms with van der Waals surface area (Å²) >= 11 is 1.12. The fraction of sp³-hybridized carbons (Fsp3) is 0.100. The van der Waals surface area contributed by atoms with Gasteiger partial charge in [0, 0.05) is 17.5 Å². The molecule has 0 saturated carbocycles. The SMILES string of the molecule is O=C(NCc1ccccc1O)c1csnn1. The van der Waals surface area contributed by atoms with E-state index in [0.29, 0.717) is 11.3 Å². The molecule has 0 atom stereocenters. The smallest absolute Gasteiger partial charge is 0.273 e. The van der Waals surface area contributed by atoms with Crippen LogP contribution in [0.15, 0.2) is 29.6 Å². The summed E-state index contributed by atoms with van der Waals surface area (Å²) in [6, 6.07) is 6.84. The fourth-order valence-corrected chi connectivity index (χ4v) is 1.63. The Morgan fingerprint density at radius 3 is 2.94 bits per heavy atom. The number of para-hydroxylation sites is 1. The molecule has 0 radical (unpaired) electrons. The molecule has 1 aromatic heterocycles. The van der Waals surface area contributed by atoms with E-state index in [1.54, 1.807) is 29.6 Å². The van der Waals surface area contributed by atoms with Crippen LogP contribution in [-0.4, -0.2) is 20.6 Å². The largest absolute Gasteiger partial charge is 0.508 e. The van der Waals surface area contributed by atoms with Gasteiger partial charge in [0.2, 0.25) is 0 Å². The van der Waals surface area contributed by atoms with Crippen molar-refractivity contribution in [2.75, 3.05) is 0 Å². The van der Waals surface area contributed by atoms with Crippen LogP contribution in [0.3, 0.4) is 0 Å². The Kier molecular flexibility index (Phi) is 3.11. The lowest BCUT2D eigenvalue weighted by molar-refractivity contribution is 0.0946. The van der Waals surface area contributed by atoms with E-state index < -0.39 is 0 Å². The van der Waals surface area contributed by atoms with Crippen LogP contribution >= 0.6 is 11.5 Å². The first-order chi connectivity index (χ1) is 7.77. The summed E-state index contributed by atoms with van der Waals surface area (Å²) in [5, 5.41) is 17.3. The molecule has 1 heterocycles. The van der Waals surface area contributed by atoms with Crippen LogP contribution in [0.1, 0.15) is 16.1 Å². The van der Waals surface area contributed by atoms with E-state index >= 15 is 0 Å². The summed E-state index contributed by atoms with van der Waals surface area (Å²) < 4.78 is 3.60. The third kappa shape index (κ3) is 2.34. The second-order valence-corrected chi connectivity index (χ2v) is 3.71. The molecule has 16 heavy (non-hydrogen) atoms. The number of nitrogens with one attached hydrogen (secondary N) is 1. The maximum Gasteiger partial charge on any atom is 0.273 e. The van der Waals surface area contributed by atoms with Crippen LogP contribution in [0.25, 0.3) is 0 Å². The van der Waals surface area contributed by atoms with Gasteiger partial charge in [0.05, 0.1) is 0 Å². The second-order valence-electron chi connectivity index (χ2n) is 3.10. The van der Waals surface area contributed by atoms with E-state index in [0.717, 1.165) is 11.5 Å². The standard InChI is InChI=1S/C10H9N3O2S/c14-9-4-2-1-3-7(9)5-11-10(15)8-6-16-13-12-8/h1-4,6,14H,5H2,(H,11,15). The highest BCUT2D eigenvalue weighted by Gasteiger charge is 2.08. The molecule has 6 heteroatoms. The van der Waals surface area contributed by atoms with Crippen molar-refractivity contribution in [2.45, 2.75) is 6.54 Å². The highest BCUT2D eigenvalue weighted by Crippen LogP contribution is 2.14. The molecule has 82 valence electrons. The van der Waals surface area contributed by atoms with Crippen LogP contribution < -0.4 is 5.32 Å². The molecule has 0 fully saturated rings. The van der Waals surface area contributed by atoms with Gasteiger partial charge in [-0.15, -0.1) is 5.10 Å². The number of carbonyl (C=O) groups is 1. The average Bonchev–Trinajstić information content (AvgIpc) is 2.81. The summed E-state index contributed by atoms with van der Waals surface area (Å²) in [5.74, 6) is -0.129. The topological polar surface area (TPSA) is 75.1 Å². The number of hydrogen-bond donors (Lipinski definition) is 2. The molecule has 5 nitrogen and oxygen atoms in total. The third-order valence-electron chi connectivity index (χ3n) is 2.02. The van der Waals surface area contributed by atoms with Crippen LogP contribution in [-0.2, 0) is 6.54 Å². The minimum atomic E-state index is -0.294. The summed E-state index contributed by atoms with van der Waals surface area (Å²) in [5.41, 5.74) is 0.958. The molecule has 0 bridgehead atoms. The molecule has 1 amide bonds. The first-order valence-electron chi connectivity index (χ1n) is 4.59. The summed E-state index contributed by atoms with van der Waals surface area (Å²) in [6.45, 7) is 0.267. The van der Waals surface area contributed by atoms with Gasteiger partial charge in [0.15, 0.2) is 5.69 Å². The number of hydrogen-bond acceptors (Lipinski definition) is 5. The third-order valence-corrected chi connectivity index (χ3v) is 2.53. The van der Waals surface area contributed by atoms with Crippen LogP contribution in [0, 0.1) is 0 Å². The minimum Gasteiger partial charge on any atom is -0.508 e. The highest BCUT2D eigenvalue weighted by atomic mass is 32.1. The number of benzene rings is 1. The molecule has 0 aliphatic heterocycles. The van der Waals surface area contributed by atoms with Crippen molar-refractivity contribution in [3.8, 4) is 5.75 Å². The van der Waals surface area contributed by atoms with Crippen molar-refractivity contribution in [1.29, 1.82) is 0 Å². The maximum absolute atomic E-state index is 11.5. The first kappa shape index (κ1) is 10.6.